The summed E-state index contributed by atoms with van der Waals surface area (Å²) < 4.78 is 52.6. The first-order chi connectivity index (χ1) is 6.12. The van der Waals surface area contributed by atoms with E-state index < -0.39 is 22.8 Å². The fraction of sp³-hybridized carbons (Fsp3) is 0.833. The largest absolute Gasteiger partial charge is 0.466 e. The van der Waals surface area contributed by atoms with Gasteiger partial charge in [0.1, 0.15) is 4.83 Å². The van der Waals surface area contributed by atoms with Crippen molar-refractivity contribution in [2.75, 3.05) is 5.33 Å². The molecule has 0 radical (unpaired) electrons. The minimum absolute atomic E-state index is 0.0167. The van der Waals surface area contributed by atoms with Gasteiger partial charge in [-0.2, -0.15) is 17.6 Å². The topological polar surface area (TPSA) is 26.3 Å². The monoisotopic (exact) mass is 344 g/mol. The highest BCUT2D eigenvalue weighted by Crippen LogP contribution is 2.35. The molecule has 0 aliphatic rings. The van der Waals surface area contributed by atoms with Crippen molar-refractivity contribution in [1.29, 1.82) is 0 Å². The Morgan fingerprint density at radius 3 is 2.14 bits per heavy atom. The summed E-state index contributed by atoms with van der Waals surface area (Å²) in [5.41, 5.74) is 0. The Hall–Kier alpha value is 0.150. The van der Waals surface area contributed by atoms with Gasteiger partial charge in [-0.05, 0) is 0 Å². The van der Waals surface area contributed by atoms with Crippen LogP contribution in [0.4, 0.5) is 17.6 Å². The molecule has 0 spiro atoms. The maximum absolute atomic E-state index is 12.4. The summed E-state index contributed by atoms with van der Waals surface area (Å²) in [4.78, 5) is 9.64. The number of hydrogen-bond donors (Lipinski definition) is 0. The molecule has 0 rings (SSSR count). The fourth-order valence-electron chi connectivity index (χ4n) is 0.343. The van der Waals surface area contributed by atoms with Crippen LogP contribution in [0.5, 0.6) is 0 Å². The molecule has 0 aliphatic heterocycles. The third-order valence-corrected chi connectivity index (χ3v) is 3.34. The molecule has 0 amide bonds. The quantitative estimate of drug-likeness (QED) is 0.445. The van der Waals surface area contributed by atoms with E-state index in [1.165, 1.54) is 0 Å². The lowest BCUT2D eigenvalue weighted by Gasteiger charge is -2.22. The van der Waals surface area contributed by atoms with Gasteiger partial charge in [0, 0.05) is 12.3 Å². The maximum atomic E-state index is 12.4. The molecule has 8 heteroatoms. The van der Waals surface area contributed by atoms with Gasteiger partial charge in [0.25, 0.3) is 0 Å². The highest BCUT2D eigenvalue weighted by molar-refractivity contribution is 9.12. The van der Waals surface area contributed by atoms with Crippen LogP contribution in [0, 0.1) is 0 Å². The van der Waals surface area contributed by atoms with Gasteiger partial charge >= 0.3 is 18.0 Å². The molecule has 0 N–H and O–H groups in total. The fourth-order valence-corrected chi connectivity index (χ4v) is 0.701. The lowest BCUT2D eigenvalue weighted by atomic mass is 10.3. The number of alkyl halides is 6. The Labute approximate surface area is 94.2 Å². The molecule has 0 fully saturated rings. The molecule has 84 valence electrons. The van der Waals surface area contributed by atoms with E-state index in [-0.39, 0.29) is 12.3 Å². The van der Waals surface area contributed by atoms with Crippen molar-refractivity contribution in [3.05, 3.63) is 0 Å². The van der Waals surface area contributed by atoms with Gasteiger partial charge in [-0.3, -0.25) is 4.79 Å². The number of carbonyl (C=O) groups excluding carboxylic acids is 1. The maximum Gasteiger partial charge on any atom is 0.466 e. The molecule has 0 aromatic carbocycles. The molecule has 0 heterocycles. The van der Waals surface area contributed by atoms with Crippen LogP contribution in [0.1, 0.15) is 6.92 Å². The predicted octanol–water partition coefficient (Wildman–Crippen LogP) is 2.94. The predicted molar refractivity (Wildman–Crippen MR) is 48.2 cm³/mol. The van der Waals surface area contributed by atoms with E-state index in [4.69, 9.17) is 0 Å². The van der Waals surface area contributed by atoms with Gasteiger partial charge in [0.15, 0.2) is 0 Å². The van der Waals surface area contributed by atoms with E-state index in [1.807, 2.05) is 0 Å². The van der Waals surface area contributed by atoms with E-state index in [1.54, 1.807) is 0 Å². The highest BCUT2D eigenvalue weighted by Gasteiger charge is 2.56. The Bertz CT molecular complexity index is 216. The zero-order valence-corrected chi connectivity index (χ0v) is 10.0. The van der Waals surface area contributed by atoms with Crippen molar-refractivity contribution in [3.63, 3.8) is 0 Å². The number of carbonyl (C=O) groups is 1. The highest BCUT2D eigenvalue weighted by atomic mass is 79.9. The molecule has 1 unspecified atom stereocenters. The average Bonchev–Trinajstić information content (AvgIpc) is 2.00. The Morgan fingerprint density at radius 2 is 1.86 bits per heavy atom. The van der Waals surface area contributed by atoms with E-state index in [0.29, 0.717) is 0 Å². The van der Waals surface area contributed by atoms with Crippen LogP contribution in [0.15, 0.2) is 0 Å². The van der Waals surface area contributed by atoms with Gasteiger partial charge in [0.2, 0.25) is 0 Å². The van der Waals surface area contributed by atoms with Crippen LogP contribution in [0.3, 0.4) is 0 Å². The first kappa shape index (κ1) is 14.2. The zero-order valence-electron chi connectivity index (χ0n) is 6.87. The van der Waals surface area contributed by atoms with Gasteiger partial charge in [-0.15, -0.1) is 0 Å². The van der Waals surface area contributed by atoms with Gasteiger partial charge in [0.05, 0.1) is 0 Å². The summed E-state index contributed by atoms with van der Waals surface area (Å²) in [6.45, 7) is -0.0301. The Kier molecular flexibility index (Phi) is 4.83. The number of hydrogen-bond acceptors (Lipinski definition) is 2. The van der Waals surface area contributed by atoms with Crippen molar-refractivity contribution in [1.82, 2.24) is 0 Å². The third-order valence-electron chi connectivity index (χ3n) is 1.13. The summed E-state index contributed by atoms with van der Waals surface area (Å²) in [5.74, 6) is -5.85. The summed E-state index contributed by atoms with van der Waals surface area (Å²) >= 11 is 5.46. The van der Waals surface area contributed by atoms with Crippen LogP contribution in [0.25, 0.3) is 0 Å². The average molecular weight is 346 g/mol. The minimum Gasteiger partial charge on any atom is -0.395 e. The molecule has 0 aromatic heterocycles. The molecular formula is C6H6Br2F4O2. The molecule has 0 bridgehead atoms. The van der Waals surface area contributed by atoms with E-state index >= 15 is 0 Å². The van der Waals surface area contributed by atoms with Crippen LogP contribution >= 0.6 is 31.9 Å². The number of ether oxygens (including phenoxy) is 1. The number of esters is 1. The molecule has 14 heavy (non-hydrogen) atoms. The smallest absolute Gasteiger partial charge is 0.395 e. The number of halogens is 6. The van der Waals surface area contributed by atoms with E-state index in [9.17, 15) is 22.4 Å². The van der Waals surface area contributed by atoms with Crippen LogP contribution in [-0.2, 0) is 9.53 Å². The van der Waals surface area contributed by atoms with E-state index in [0.717, 1.165) is 0 Å². The third kappa shape index (κ3) is 3.72. The van der Waals surface area contributed by atoms with Crippen LogP contribution in [-0.4, -0.2) is 28.2 Å². The second-order valence-corrected chi connectivity index (χ2v) is 4.20. The van der Waals surface area contributed by atoms with Crippen molar-refractivity contribution in [2.45, 2.75) is 23.8 Å². The van der Waals surface area contributed by atoms with Crippen molar-refractivity contribution in [3.8, 4) is 0 Å². The lowest BCUT2D eigenvalue weighted by Crippen LogP contribution is -2.43. The van der Waals surface area contributed by atoms with Crippen molar-refractivity contribution >= 4 is 37.8 Å². The molecule has 0 aromatic rings. The SMILES string of the molecule is CC(F)(F)C(F)(F)OC(=O)C(Br)CBr. The Morgan fingerprint density at radius 1 is 1.43 bits per heavy atom. The standard InChI is InChI=1S/C6H6Br2F4O2/c1-5(9,10)6(11,12)14-4(13)3(8)2-7/h3H,2H2,1H3. The first-order valence-corrected chi connectivity index (χ1v) is 5.34. The van der Waals surface area contributed by atoms with Crippen molar-refractivity contribution in [2.24, 2.45) is 0 Å². The molecule has 0 saturated heterocycles. The first-order valence-electron chi connectivity index (χ1n) is 3.30. The summed E-state index contributed by atoms with van der Waals surface area (Å²) in [5, 5.41) is -0.0167. The Balaban J connectivity index is 4.45. The molecular weight excluding hydrogens is 340 g/mol. The minimum atomic E-state index is -4.79. The molecule has 1 atom stereocenters. The second kappa shape index (κ2) is 4.78. The van der Waals surface area contributed by atoms with Gasteiger partial charge in [-0.25, -0.2) is 0 Å². The van der Waals surface area contributed by atoms with Gasteiger partial charge < -0.3 is 4.74 Å². The van der Waals surface area contributed by atoms with E-state index in [2.05, 4.69) is 36.6 Å². The summed E-state index contributed by atoms with van der Waals surface area (Å²) in [7, 11) is 0. The lowest BCUT2D eigenvalue weighted by molar-refractivity contribution is -0.324. The van der Waals surface area contributed by atoms with Crippen LogP contribution < -0.4 is 0 Å². The number of rotatable bonds is 4. The summed E-state index contributed by atoms with van der Waals surface area (Å²) in [6, 6.07) is 0. The van der Waals surface area contributed by atoms with Gasteiger partial charge in [-0.1, -0.05) is 31.9 Å². The zero-order chi connectivity index (χ0) is 11.6. The second-order valence-electron chi connectivity index (χ2n) is 2.45. The molecule has 0 saturated carbocycles. The van der Waals surface area contributed by atoms with Crippen LogP contribution in [0.2, 0.25) is 0 Å². The summed E-state index contributed by atoms with van der Waals surface area (Å²) in [6.07, 6.45) is -4.79. The van der Waals surface area contributed by atoms with Crippen molar-refractivity contribution < 1.29 is 27.1 Å². The normalized spacial score (nSPS) is 15.1. The molecule has 0 aliphatic carbocycles. The molecule has 2 nitrogen and oxygen atoms in total.